The Hall–Kier alpha value is -1.15. The van der Waals surface area contributed by atoms with E-state index in [1.807, 2.05) is 5.32 Å². The molecule has 1 aromatic heterocycles. The van der Waals surface area contributed by atoms with Gasteiger partial charge < -0.3 is 10.6 Å². The molecule has 0 aliphatic carbocycles. The molecule has 0 fully saturated rings. The minimum Gasteiger partial charge on any atom is -0.350 e. The van der Waals surface area contributed by atoms with Crippen molar-refractivity contribution >= 4 is 17.2 Å². The molecule has 96 valence electrons. The fourth-order valence-corrected chi connectivity index (χ4v) is 1.77. The van der Waals surface area contributed by atoms with Crippen molar-refractivity contribution in [1.82, 2.24) is 15.6 Å². The van der Waals surface area contributed by atoms with Crippen molar-refractivity contribution in [2.45, 2.75) is 19.6 Å². The van der Waals surface area contributed by atoms with Gasteiger partial charge in [0.1, 0.15) is 0 Å². The Balaban J connectivity index is 2.20. The van der Waals surface area contributed by atoms with E-state index in [4.69, 9.17) is 0 Å². The highest BCUT2D eigenvalue weighted by Gasteiger charge is 2.26. The van der Waals surface area contributed by atoms with Gasteiger partial charge in [-0.15, -0.1) is 11.3 Å². The predicted molar refractivity (Wildman–Crippen MR) is 57.6 cm³/mol. The molecular weight excluding hydrogens is 255 g/mol. The van der Waals surface area contributed by atoms with Crippen molar-refractivity contribution in [3.8, 4) is 0 Å². The van der Waals surface area contributed by atoms with Gasteiger partial charge in [-0.05, 0) is 6.92 Å². The van der Waals surface area contributed by atoms with Gasteiger partial charge in [-0.25, -0.2) is 4.98 Å². The number of amides is 1. The van der Waals surface area contributed by atoms with Crippen LogP contribution in [0.15, 0.2) is 5.51 Å². The van der Waals surface area contributed by atoms with E-state index in [2.05, 4.69) is 10.3 Å². The van der Waals surface area contributed by atoms with Crippen LogP contribution in [0.4, 0.5) is 13.2 Å². The van der Waals surface area contributed by atoms with Crippen LogP contribution < -0.4 is 10.6 Å². The summed E-state index contributed by atoms with van der Waals surface area (Å²) in [5.41, 5.74) is 2.47. The average molecular weight is 267 g/mol. The Bertz CT molecular complexity index is 378. The van der Waals surface area contributed by atoms with E-state index < -0.39 is 18.6 Å². The number of nitrogens with zero attached hydrogens (tertiary/aromatic N) is 1. The van der Waals surface area contributed by atoms with Crippen LogP contribution in [0.2, 0.25) is 0 Å². The molecule has 17 heavy (non-hydrogen) atoms. The predicted octanol–water partition coefficient (Wildman–Crippen LogP) is 1.22. The zero-order valence-electron chi connectivity index (χ0n) is 9.10. The molecule has 1 rings (SSSR count). The Morgan fingerprint density at radius 2 is 2.24 bits per heavy atom. The third-order valence-electron chi connectivity index (χ3n) is 1.90. The zero-order chi connectivity index (χ0) is 12.9. The van der Waals surface area contributed by atoms with Crippen LogP contribution in [0.3, 0.4) is 0 Å². The van der Waals surface area contributed by atoms with Gasteiger partial charge in [-0.2, -0.15) is 13.2 Å². The third kappa shape index (κ3) is 5.64. The molecule has 1 aromatic rings. The van der Waals surface area contributed by atoms with Gasteiger partial charge in [0.2, 0.25) is 5.91 Å². The van der Waals surface area contributed by atoms with Crippen molar-refractivity contribution in [3.05, 3.63) is 16.1 Å². The number of halogens is 3. The summed E-state index contributed by atoms with van der Waals surface area (Å²) in [7, 11) is 0. The smallest absolute Gasteiger partial charge is 0.350 e. The minimum absolute atomic E-state index is 0.295. The van der Waals surface area contributed by atoms with Crippen molar-refractivity contribution in [2.75, 3.05) is 13.1 Å². The van der Waals surface area contributed by atoms with Crippen molar-refractivity contribution < 1.29 is 18.0 Å². The maximum atomic E-state index is 11.8. The topological polar surface area (TPSA) is 54.0 Å². The molecule has 4 nitrogen and oxygen atoms in total. The number of carbonyl (C=O) groups is 1. The normalized spacial score (nSPS) is 11.5. The molecular formula is C9H12F3N3OS. The Kier molecular flexibility index (Phi) is 4.88. The molecule has 0 saturated carbocycles. The highest BCUT2D eigenvalue weighted by molar-refractivity contribution is 7.09. The van der Waals surface area contributed by atoms with Crippen LogP contribution in [0.25, 0.3) is 0 Å². The van der Waals surface area contributed by atoms with Gasteiger partial charge in [0, 0.05) is 4.88 Å². The second-order valence-electron chi connectivity index (χ2n) is 3.36. The molecule has 2 N–H and O–H groups in total. The largest absolute Gasteiger partial charge is 0.401 e. The number of nitrogens with one attached hydrogen (secondary N) is 2. The van der Waals surface area contributed by atoms with Gasteiger partial charge in [0.05, 0.1) is 30.8 Å². The lowest BCUT2D eigenvalue weighted by molar-refractivity contribution is -0.128. The molecule has 0 bridgehead atoms. The first-order chi connectivity index (χ1) is 7.88. The number of hydrogen-bond acceptors (Lipinski definition) is 4. The van der Waals surface area contributed by atoms with Crippen LogP contribution in [-0.2, 0) is 11.3 Å². The van der Waals surface area contributed by atoms with Crippen LogP contribution >= 0.6 is 11.3 Å². The van der Waals surface area contributed by atoms with Crippen LogP contribution in [-0.4, -0.2) is 30.2 Å². The van der Waals surface area contributed by atoms with Crippen LogP contribution in [0, 0.1) is 6.92 Å². The zero-order valence-corrected chi connectivity index (χ0v) is 9.91. The first-order valence-corrected chi connectivity index (χ1v) is 5.69. The van der Waals surface area contributed by atoms with Crippen molar-refractivity contribution in [1.29, 1.82) is 0 Å². The molecule has 0 unspecified atom stereocenters. The first-order valence-electron chi connectivity index (χ1n) is 4.81. The molecule has 0 aromatic carbocycles. The minimum atomic E-state index is -4.30. The van der Waals surface area contributed by atoms with E-state index in [1.54, 1.807) is 12.4 Å². The second kappa shape index (κ2) is 5.97. The number of alkyl halides is 3. The third-order valence-corrected chi connectivity index (χ3v) is 2.84. The fraction of sp³-hybridized carbons (Fsp3) is 0.556. The highest BCUT2D eigenvalue weighted by Crippen LogP contribution is 2.12. The summed E-state index contributed by atoms with van der Waals surface area (Å²) in [5.74, 6) is -0.470. The Morgan fingerprint density at radius 1 is 1.53 bits per heavy atom. The van der Waals surface area contributed by atoms with E-state index in [-0.39, 0.29) is 6.54 Å². The fourth-order valence-electron chi connectivity index (χ4n) is 1.06. The number of hydrogen-bond donors (Lipinski definition) is 2. The lowest BCUT2D eigenvalue weighted by Gasteiger charge is -2.08. The summed E-state index contributed by atoms with van der Waals surface area (Å²) in [4.78, 5) is 16.1. The first kappa shape index (κ1) is 13.9. The molecule has 0 radical (unpaired) electrons. The number of carbonyl (C=O) groups excluding carboxylic acids is 1. The Labute approximate surface area is 100 Å². The lowest BCUT2D eigenvalue weighted by atomic mass is 10.4. The van der Waals surface area contributed by atoms with Gasteiger partial charge >= 0.3 is 6.18 Å². The number of thiazole rings is 1. The molecule has 0 atom stereocenters. The SMILES string of the molecule is Cc1ncsc1CNC(=O)CNCC(F)(F)F. The van der Waals surface area contributed by atoms with E-state index in [0.29, 0.717) is 6.54 Å². The molecule has 0 spiro atoms. The standard InChI is InChI=1S/C9H12F3N3OS/c1-6-7(17-5-15-6)2-14-8(16)3-13-4-9(10,11)12/h5,13H,2-4H2,1H3,(H,14,16). The summed E-state index contributed by atoms with van der Waals surface area (Å²) >= 11 is 1.39. The molecule has 1 heterocycles. The van der Waals surface area contributed by atoms with Crippen LogP contribution in [0.5, 0.6) is 0 Å². The Morgan fingerprint density at radius 3 is 2.76 bits per heavy atom. The summed E-state index contributed by atoms with van der Waals surface area (Å²) in [6.45, 7) is 0.584. The summed E-state index contributed by atoms with van der Waals surface area (Å²) < 4.78 is 35.3. The quantitative estimate of drug-likeness (QED) is 0.843. The maximum Gasteiger partial charge on any atom is 0.401 e. The van der Waals surface area contributed by atoms with Gasteiger partial charge in [-0.1, -0.05) is 0 Å². The summed E-state index contributed by atoms with van der Waals surface area (Å²) in [5, 5.41) is 4.53. The average Bonchev–Trinajstić information content (AvgIpc) is 2.59. The number of rotatable bonds is 5. The van der Waals surface area contributed by atoms with E-state index in [0.717, 1.165) is 10.6 Å². The second-order valence-corrected chi connectivity index (χ2v) is 4.30. The molecule has 1 amide bonds. The highest BCUT2D eigenvalue weighted by atomic mass is 32.1. The summed E-state index contributed by atoms with van der Waals surface area (Å²) in [6, 6.07) is 0. The van der Waals surface area contributed by atoms with Crippen LogP contribution in [0.1, 0.15) is 10.6 Å². The molecule has 8 heteroatoms. The van der Waals surface area contributed by atoms with E-state index in [1.165, 1.54) is 11.3 Å². The van der Waals surface area contributed by atoms with Crippen molar-refractivity contribution in [2.24, 2.45) is 0 Å². The number of aromatic nitrogens is 1. The summed E-state index contributed by atoms with van der Waals surface area (Å²) in [6.07, 6.45) is -4.30. The lowest BCUT2D eigenvalue weighted by Crippen LogP contribution is -2.37. The van der Waals surface area contributed by atoms with Crippen molar-refractivity contribution in [3.63, 3.8) is 0 Å². The van der Waals surface area contributed by atoms with E-state index in [9.17, 15) is 18.0 Å². The molecule has 0 saturated heterocycles. The van der Waals surface area contributed by atoms with E-state index >= 15 is 0 Å². The molecule has 0 aliphatic heterocycles. The van der Waals surface area contributed by atoms with Gasteiger partial charge in [-0.3, -0.25) is 4.79 Å². The maximum absolute atomic E-state index is 11.8. The molecule has 0 aliphatic rings. The number of aryl methyl sites for hydroxylation is 1. The monoisotopic (exact) mass is 267 g/mol. The van der Waals surface area contributed by atoms with Gasteiger partial charge in [0.15, 0.2) is 0 Å². The van der Waals surface area contributed by atoms with Gasteiger partial charge in [0.25, 0.3) is 0 Å².